The van der Waals surface area contributed by atoms with Gasteiger partial charge in [0.1, 0.15) is 11.5 Å². The molecule has 0 saturated carbocycles. The number of ether oxygens (including phenoxy) is 2. The molecule has 1 amide bonds. The lowest BCUT2D eigenvalue weighted by Crippen LogP contribution is -2.34. The van der Waals surface area contributed by atoms with E-state index >= 15 is 0 Å². The number of unbranched alkanes of at least 4 members (excludes halogenated alkanes) is 1. The second-order valence-corrected chi connectivity index (χ2v) is 10.8. The van der Waals surface area contributed by atoms with Gasteiger partial charge in [-0.3, -0.25) is 14.8 Å². The summed E-state index contributed by atoms with van der Waals surface area (Å²) in [5, 5.41) is 5.57. The molecule has 0 radical (unpaired) electrons. The lowest BCUT2D eigenvalue weighted by Gasteiger charge is -2.12. The van der Waals surface area contributed by atoms with Crippen molar-refractivity contribution < 1.29 is 22.7 Å². The van der Waals surface area contributed by atoms with Crippen LogP contribution in [0, 0.1) is 0 Å². The molecule has 3 aromatic rings. The topological polar surface area (TPSA) is 106 Å². The van der Waals surface area contributed by atoms with E-state index in [9.17, 15) is 13.2 Å². The molecule has 3 aromatic carbocycles. The van der Waals surface area contributed by atoms with E-state index in [2.05, 4.69) is 38.2 Å². The molecule has 0 atom stereocenters. The van der Waals surface area contributed by atoms with Crippen LogP contribution in [0.25, 0.3) is 0 Å². The molecule has 0 saturated heterocycles. The van der Waals surface area contributed by atoms with Crippen LogP contribution in [0.1, 0.15) is 37.0 Å². The summed E-state index contributed by atoms with van der Waals surface area (Å²) < 4.78 is 39.7. The maximum Gasteiger partial charge on any atom is 0.261 e. The summed E-state index contributed by atoms with van der Waals surface area (Å²) in [6.07, 6.45) is 1.97. The van der Waals surface area contributed by atoms with E-state index in [1.807, 2.05) is 6.92 Å². The number of halogens is 1. The Bertz CT molecular complexity index is 1330. The van der Waals surface area contributed by atoms with E-state index in [1.54, 1.807) is 54.6 Å². The first-order valence-electron chi connectivity index (χ1n) is 11.6. The highest BCUT2D eigenvalue weighted by atomic mass is 79.9. The maximum atomic E-state index is 12.7. The van der Waals surface area contributed by atoms with Crippen LogP contribution in [-0.4, -0.2) is 32.7 Å². The molecule has 0 aliphatic carbocycles. The van der Waals surface area contributed by atoms with Gasteiger partial charge < -0.3 is 14.8 Å². The van der Waals surface area contributed by atoms with Crippen LogP contribution in [0.15, 0.2) is 76.1 Å². The molecule has 0 heterocycles. The van der Waals surface area contributed by atoms with Gasteiger partial charge >= 0.3 is 0 Å². The van der Waals surface area contributed by atoms with Gasteiger partial charge in [-0.2, -0.15) is 0 Å². The zero-order chi connectivity index (χ0) is 26.8. The zero-order valence-corrected chi connectivity index (χ0v) is 23.6. The summed E-state index contributed by atoms with van der Waals surface area (Å²) in [6, 6.07) is 17.7. The fourth-order valence-electron chi connectivity index (χ4n) is 3.14. The smallest absolute Gasteiger partial charge is 0.261 e. The fourth-order valence-corrected chi connectivity index (χ4v) is 4.90. The Morgan fingerprint density at radius 2 is 1.62 bits per heavy atom. The maximum absolute atomic E-state index is 12.7. The number of hydrogen-bond acceptors (Lipinski definition) is 6. The van der Waals surface area contributed by atoms with Crippen molar-refractivity contribution in [3.05, 3.63) is 76.8 Å². The van der Waals surface area contributed by atoms with Crippen molar-refractivity contribution in [3.8, 4) is 11.5 Å². The molecule has 8 nitrogen and oxygen atoms in total. The highest BCUT2D eigenvalue weighted by Gasteiger charge is 2.15. The molecule has 0 fully saturated rings. The van der Waals surface area contributed by atoms with E-state index in [1.165, 1.54) is 12.1 Å². The number of amides is 1. The summed E-state index contributed by atoms with van der Waals surface area (Å²) in [7, 11) is -3.79. The van der Waals surface area contributed by atoms with E-state index in [0.29, 0.717) is 46.1 Å². The number of nitrogens with one attached hydrogen (secondary N) is 3. The average molecular weight is 607 g/mol. The van der Waals surface area contributed by atoms with E-state index in [4.69, 9.17) is 21.7 Å². The molecular weight excluding hydrogens is 578 g/mol. The van der Waals surface area contributed by atoms with E-state index in [-0.39, 0.29) is 10.0 Å². The average Bonchev–Trinajstić information content (AvgIpc) is 2.86. The zero-order valence-electron chi connectivity index (χ0n) is 20.4. The normalized spacial score (nSPS) is 10.9. The van der Waals surface area contributed by atoms with Gasteiger partial charge in [-0.05, 0) is 108 Å². The predicted molar refractivity (Wildman–Crippen MR) is 153 cm³/mol. The third-order valence-electron chi connectivity index (χ3n) is 5.02. The van der Waals surface area contributed by atoms with Gasteiger partial charge in [-0.25, -0.2) is 8.42 Å². The molecule has 0 aliphatic heterocycles. The standard InChI is InChI=1S/C26H28BrN3O5S2/c1-3-5-16-35-24-15-6-18(17-23(24)27)25(31)29-26(36)28-19-9-13-22(14-10-19)37(32,33)30-20-7-11-21(12-8-20)34-4-2/h6-15,17,30H,3-5,16H2,1-2H3,(H2,28,29,31,36). The molecule has 0 unspecified atom stereocenters. The summed E-state index contributed by atoms with van der Waals surface area (Å²) in [5.74, 6) is 0.930. The number of rotatable bonds is 11. The minimum atomic E-state index is -3.79. The van der Waals surface area contributed by atoms with Gasteiger partial charge in [0.05, 0.1) is 22.6 Å². The molecule has 0 aromatic heterocycles. The van der Waals surface area contributed by atoms with Crippen LogP contribution < -0.4 is 24.8 Å². The van der Waals surface area contributed by atoms with Crippen molar-refractivity contribution in [3.63, 3.8) is 0 Å². The van der Waals surface area contributed by atoms with Crippen molar-refractivity contribution in [1.29, 1.82) is 0 Å². The van der Waals surface area contributed by atoms with E-state index < -0.39 is 15.9 Å². The molecule has 3 rings (SSSR count). The first-order valence-corrected chi connectivity index (χ1v) is 14.3. The van der Waals surface area contributed by atoms with Gasteiger partial charge in [-0.15, -0.1) is 0 Å². The monoisotopic (exact) mass is 605 g/mol. The lowest BCUT2D eigenvalue weighted by molar-refractivity contribution is 0.0977. The van der Waals surface area contributed by atoms with Crippen molar-refractivity contribution >= 4 is 60.6 Å². The lowest BCUT2D eigenvalue weighted by atomic mass is 10.2. The number of anilines is 2. The van der Waals surface area contributed by atoms with Gasteiger partial charge in [0.2, 0.25) is 0 Å². The molecule has 196 valence electrons. The second kappa shape index (κ2) is 13.4. The Morgan fingerprint density at radius 1 is 0.946 bits per heavy atom. The third-order valence-corrected chi connectivity index (χ3v) is 7.24. The highest BCUT2D eigenvalue weighted by Crippen LogP contribution is 2.26. The quantitative estimate of drug-likeness (QED) is 0.183. The molecule has 11 heteroatoms. The van der Waals surface area contributed by atoms with Crippen LogP contribution in [0.3, 0.4) is 0 Å². The van der Waals surface area contributed by atoms with Crippen LogP contribution >= 0.6 is 28.1 Å². The third kappa shape index (κ3) is 8.44. The van der Waals surface area contributed by atoms with Crippen LogP contribution in [0.4, 0.5) is 11.4 Å². The Balaban J connectivity index is 1.56. The Morgan fingerprint density at radius 3 is 2.24 bits per heavy atom. The number of carbonyl (C=O) groups is 1. The number of thiocarbonyl (C=S) groups is 1. The summed E-state index contributed by atoms with van der Waals surface area (Å²) >= 11 is 8.67. The number of hydrogen-bond donors (Lipinski definition) is 3. The Hall–Kier alpha value is -3.15. The summed E-state index contributed by atoms with van der Waals surface area (Å²) in [5.41, 5.74) is 1.34. The van der Waals surface area contributed by atoms with Crippen LogP contribution in [0.5, 0.6) is 11.5 Å². The molecule has 3 N–H and O–H groups in total. The molecule has 0 bridgehead atoms. The van der Waals surface area contributed by atoms with Crippen molar-refractivity contribution in [2.75, 3.05) is 23.3 Å². The first-order chi connectivity index (χ1) is 17.7. The van der Waals surface area contributed by atoms with E-state index in [0.717, 1.165) is 12.8 Å². The Kier molecular flexibility index (Phi) is 10.3. The van der Waals surface area contributed by atoms with Gasteiger partial charge in [0.25, 0.3) is 15.9 Å². The van der Waals surface area contributed by atoms with Crippen LogP contribution in [0.2, 0.25) is 0 Å². The van der Waals surface area contributed by atoms with Crippen molar-refractivity contribution in [1.82, 2.24) is 5.32 Å². The molecule has 0 spiro atoms. The Labute approximate surface area is 230 Å². The van der Waals surface area contributed by atoms with Gasteiger partial charge in [0, 0.05) is 16.9 Å². The molecule has 37 heavy (non-hydrogen) atoms. The molecular formula is C26H28BrN3O5S2. The number of sulfonamides is 1. The fraction of sp³-hybridized carbons (Fsp3) is 0.231. The van der Waals surface area contributed by atoms with Crippen molar-refractivity contribution in [2.45, 2.75) is 31.6 Å². The van der Waals surface area contributed by atoms with Gasteiger partial charge in [-0.1, -0.05) is 13.3 Å². The largest absolute Gasteiger partial charge is 0.494 e. The number of benzene rings is 3. The first kappa shape index (κ1) is 28.4. The van der Waals surface area contributed by atoms with Crippen molar-refractivity contribution in [2.24, 2.45) is 0 Å². The SMILES string of the molecule is CCCCOc1ccc(C(=O)NC(=S)Nc2ccc(S(=O)(=O)Nc3ccc(OCC)cc3)cc2)cc1Br. The van der Waals surface area contributed by atoms with Crippen LogP contribution in [-0.2, 0) is 10.0 Å². The van der Waals surface area contributed by atoms with Gasteiger partial charge in [0.15, 0.2) is 5.11 Å². The highest BCUT2D eigenvalue weighted by molar-refractivity contribution is 9.10. The minimum absolute atomic E-state index is 0.0764. The molecule has 0 aliphatic rings. The number of carbonyl (C=O) groups excluding carboxylic acids is 1. The summed E-state index contributed by atoms with van der Waals surface area (Å²) in [4.78, 5) is 12.7. The predicted octanol–water partition coefficient (Wildman–Crippen LogP) is 5.95. The minimum Gasteiger partial charge on any atom is -0.494 e. The second-order valence-electron chi connectivity index (χ2n) is 7.84. The summed E-state index contributed by atoms with van der Waals surface area (Å²) in [6.45, 7) is 5.09.